The molecule has 1 aromatic heterocycles. The van der Waals surface area contributed by atoms with E-state index in [4.69, 9.17) is 9.84 Å². The van der Waals surface area contributed by atoms with Crippen LogP contribution >= 0.6 is 0 Å². The lowest BCUT2D eigenvalue weighted by molar-refractivity contribution is 0.0696. The van der Waals surface area contributed by atoms with Crippen LogP contribution in [-0.2, 0) is 13.0 Å². The lowest BCUT2D eigenvalue weighted by Crippen LogP contribution is -2.00. The van der Waals surface area contributed by atoms with Crippen LogP contribution in [0.4, 0.5) is 0 Å². The van der Waals surface area contributed by atoms with Crippen molar-refractivity contribution in [2.45, 2.75) is 39.2 Å². The molecule has 2 rings (SSSR count). The van der Waals surface area contributed by atoms with Crippen molar-refractivity contribution >= 4 is 5.97 Å². The van der Waals surface area contributed by atoms with E-state index >= 15 is 0 Å². The Kier molecular flexibility index (Phi) is 5.95. The molecule has 0 saturated heterocycles. The van der Waals surface area contributed by atoms with Crippen molar-refractivity contribution in [3.05, 3.63) is 59.3 Å². The quantitative estimate of drug-likeness (QED) is 0.746. The number of aromatic nitrogens is 1. The Morgan fingerprint density at radius 1 is 1.09 bits per heavy atom. The van der Waals surface area contributed by atoms with Crippen LogP contribution in [0.25, 0.3) is 0 Å². The highest BCUT2D eigenvalue weighted by atomic mass is 16.5. The summed E-state index contributed by atoms with van der Waals surface area (Å²) in [5.74, 6) is -0.560. The Balaban J connectivity index is 1.84. The molecule has 116 valence electrons. The molecule has 0 aliphatic carbocycles. The third-order valence-electron chi connectivity index (χ3n) is 3.46. The summed E-state index contributed by atoms with van der Waals surface area (Å²) in [4.78, 5) is 14.7. The highest BCUT2D eigenvalue weighted by molar-refractivity contribution is 5.87. The minimum Gasteiger partial charge on any atom is -0.478 e. The van der Waals surface area contributed by atoms with E-state index in [1.54, 1.807) is 6.07 Å². The lowest BCUT2D eigenvalue weighted by atomic mass is 10.1. The number of carboxylic acids is 1. The molecule has 0 atom stereocenters. The van der Waals surface area contributed by atoms with Gasteiger partial charge in [-0.1, -0.05) is 44.0 Å². The number of aromatic carboxylic acids is 1. The summed E-state index contributed by atoms with van der Waals surface area (Å²) in [7, 11) is 0. The first-order valence-electron chi connectivity index (χ1n) is 7.59. The average molecular weight is 299 g/mol. The SMILES string of the molecule is CCCCCc1ccc(COc2ccc(C(=O)O)cn2)cc1. The summed E-state index contributed by atoms with van der Waals surface area (Å²) in [6.45, 7) is 2.63. The summed E-state index contributed by atoms with van der Waals surface area (Å²) in [5, 5.41) is 8.81. The first-order valence-corrected chi connectivity index (χ1v) is 7.59. The second-order valence-corrected chi connectivity index (χ2v) is 5.25. The average Bonchev–Trinajstić information content (AvgIpc) is 2.55. The maximum absolute atomic E-state index is 10.7. The third-order valence-corrected chi connectivity index (χ3v) is 3.46. The van der Waals surface area contributed by atoms with Crippen LogP contribution in [0.5, 0.6) is 5.88 Å². The van der Waals surface area contributed by atoms with Gasteiger partial charge in [0.15, 0.2) is 0 Å². The fourth-order valence-electron chi connectivity index (χ4n) is 2.13. The molecule has 0 amide bonds. The van der Waals surface area contributed by atoms with Gasteiger partial charge in [-0.25, -0.2) is 9.78 Å². The van der Waals surface area contributed by atoms with Gasteiger partial charge in [0.1, 0.15) is 6.61 Å². The third kappa shape index (κ3) is 4.88. The Morgan fingerprint density at radius 3 is 2.41 bits per heavy atom. The largest absolute Gasteiger partial charge is 0.478 e. The van der Waals surface area contributed by atoms with Gasteiger partial charge in [0, 0.05) is 12.3 Å². The van der Waals surface area contributed by atoms with E-state index in [-0.39, 0.29) is 5.56 Å². The zero-order chi connectivity index (χ0) is 15.8. The van der Waals surface area contributed by atoms with Crippen LogP contribution in [0, 0.1) is 0 Å². The molecular weight excluding hydrogens is 278 g/mol. The van der Waals surface area contributed by atoms with Gasteiger partial charge >= 0.3 is 5.97 Å². The van der Waals surface area contributed by atoms with Crippen molar-refractivity contribution in [3.63, 3.8) is 0 Å². The van der Waals surface area contributed by atoms with Crippen LogP contribution in [-0.4, -0.2) is 16.1 Å². The van der Waals surface area contributed by atoms with Gasteiger partial charge in [-0.3, -0.25) is 0 Å². The molecule has 0 bridgehead atoms. The van der Waals surface area contributed by atoms with E-state index < -0.39 is 5.97 Å². The van der Waals surface area contributed by atoms with Crippen molar-refractivity contribution in [2.75, 3.05) is 0 Å². The summed E-state index contributed by atoms with van der Waals surface area (Å²) in [6, 6.07) is 11.5. The Labute approximate surface area is 130 Å². The van der Waals surface area contributed by atoms with Crippen molar-refractivity contribution in [3.8, 4) is 5.88 Å². The number of hydrogen-bond acceptors (Lipinski definition) is 3. The summed E-state index contributed by atoms with van der Waals surface area (Å²) >= 11 is 0. The van der Waals surface area contributed by atoms with E-state index in [1.165, 1.54) is 37.1 Å². The maximum Gasteiger partial charge on any atom is 0.337 e. The first-order chi connectivity index (χ1) is 10.7. The molecule has 0 aliphatic heterocycles. The summed E-state index contributed by atoms with van der Waals surface area (Å²) in [6.07, 6.45) is 6.15. The number of nitrogens with zero attached hydrogens (tertiary/aromatic N) is 1. The van der Waals surface area contributed by atoms with Gasteiger partial charge in [-0.05, 0) is 30.0 Å². The molecule has 0 fully saturated rings. The van der Waals surface area contributed by atoms with Crippen LogP contribution in [0.15, 0.2) is 42.6 Å². The number of rotatable bonds is 8. The topological polar surface area (TPSA) is 59.4 Å². The monoisotopic (exact) mass is 299 g/mol. The molecule has 2 aromatic rings. The minimum atomic E-state index is -0.988. The van der Waals surface area contributed by atoms with E-state index in [2.05, 4.69) is 36.2 Å². The molecule has 1 aromatic carbocycles. The normalized spacial score (nSPS) is 10.4. The molecule has 1 heterocycles. The van der Waals surface area contributed by atoms with Crippen LogP contribution in [0.1, 0.15) is 47.7 Å². The van der Waals surface area contributed by atoms with E-state index in [0.717, 1.165) is 12.0 Å². The predicted molar refractivity (Wildman–Crippen MR) is 85.2 cm³/mol. The van der Waals surface area contributed by atoms with Crippen molar-refractivity contribution in [1.82, 2.24) is 4.98 Å². The van der Waals surface area contributed by atoms with Gasteiger partial charge in [0.05, 0.1) is 5.56 Å². The Hall–Kier alpha value is -2.36. The number of benzene rings is 1. The molecule has 0 aliphatic rings. The van der Waals surface area contributed by atoms with Gasteiger partial charge in [-0.2, -0.15) is 0 Å². The standard InChI is InChI=1S/C18H21NO3/c1-2-3-4-5-14-6-8-15(9-7-14)13-22-17-11-10-16(12-19-17)18(20)21/h6-12H,2-5,13H2,1H3,(H,20,21). The molecule has 0 radical (unpaired) electrons. The predicted octanol–water partition coefficient (Wildman–Crippen LogP) is 4.09. The molecular formula is C18H21NO3. The van der Waals surface area contributed by atoms with Crippen molar-refractivity contribution in [1.29, 1.82) is 0 Å². The second kappa shape index (κ2) is 8.17. The molecule has 0 saturated carbocycles. The van der Waals surface area contributed by atoms with Gasteiger partial charge < -0.3 is 9.84 Å². The molecule has 0 unspecified atom stereocenters. The van der Waals surface area contributed by atoms with Crippen LogP contribution in [0.3, 0.4) is 0 Å². The maximum atomic E-state index is 10.7. The number of hydrogen-bond donors (Lipinski definition) is 1. The zero-order valence-electron chi connectivity index (χ0n) is 12.8. The van der Waals surface area contributed by atoms with Gasteiger partial charge in [-0.15, -0.1) is 0 Å². The molecule has 1 N–H and O–H groups in total. The van der Waals surface area contributed by atoms with Gasteiger partial charge in [0.25, 0.3) is 0 Å². The Morgan fingerprint density at radius 2 is 1.82 bits per heavy atom. The number of unbranched alkanes of at least 4 members (excludes halogenated alkanes) is 2. The summed E-state index contributed by atoms with van der Waals surface area (Å²) in [5.41, 5.74) is 2.58. The van der Waals surface area contributed by atoms with Crippen LogP contribution in [0.2, 0.25) is 0 Å². The molecule has 0 spiro atoms. The van der Waals surface area contributed by atoms with Crippen molar-refractivity contribution in [2.24, 2.45) is 0 Å². The first kappa shape index (κ1) is 16.0. The highest BCUT2D eigenvalue weighted by Crippen LogP contribution is 2.12. The lowest BCUT2D eigenvalue weighted by Gasteiger charge is -2.07. The van der Waals surface area contributed by atoms with Crippen molar-refractivity contribution < 1.29 is 14.6 Å². The van der Waals surface area contributed by atoms with E-state index in [9.17, 15) is 4.79 Å². The highest BCUT2D eigenvalue weighted by Gasteiger charge is 2.03. The minimum absolute atomic E-state index is 0.156. The second-order valence-electron chi connectivity index (χ2n) is 5.25. The van der Waals surface area contributed by atoms with E-state index in [0.29, 0.717) is 12.5 Å². The fraction of sp³-hybridized carbons (Fsp3) is 0.333. The Bertz CT molecular complexity index is 591. The number of pyridine rings is 1. The number of ether oxygens (including phenoxy) is 1. The van der Waals surface area contributed by atoms with E-state index in [1.807, 2.05) is 0 Å². The fourth-order valence-corrected chi connectivity index (χ4v) is 2.13. The molecule has 4 nitrogen and oxygen atoms in total. The van der Waals surface area contributed by atoms with Gasteiger partial charge in [0.2, 0.25) is 5.88 Å². The number of carbonyl (C=O) groups is 1. The smallest absolute Gasteiger partial charge is 0.337 e. The zero-order valence-corrected chi connectivity index (χ0v) is 12.8. The number of carboxylic acid groups (broad SMARTS) is 1. The number of aryl methyl sites for hydroxylation is 1. The van der Waals surface area contributed by atoms with Crippen LogP contribution < -0.4 is 4.74 Å². The molecule has 4 heteroatoms. The summed E-state index contributed by atoms with van der Waals surface area (Å²) < 4.78 is 5.56. The molecule has 22 heavy (non-hydrogen) atoms.